The fourth-order valence-electron chi connectivity index (χ4n) is 2.76. The molecule has 0 radical (unpaired) electrons. The highest BCUT2D eigenvalue weighted by Gasteiger charge is 2.24. The number of amides is 1. The molecule has 1 saturated carbocycles. The van der Waals surface area contributed by atoms with Crippen molar-refractivity contribution in [3.63, 3.8) is 0 Å². The summed E-state index contributed by atoms with van der Waals surface area (Å²) in [5, 5.41) is 22.1. The Balaban J connectivity index is 2.18. The van der Waals surface area contributed by atoms with Gasteiger partial charge in [0.05, 0.1) is 7.14 Å². The van der Waals surface area contributed by atoms with E-state index in [0.717, 1.165) is 24.8 Å². The number of aromatic hydroxyl groups is 1. The second kappa shape index (κ2) is 8.33. The van der Waals surface area contributed by atoms with E-state index in [2.05, 4.69) is 12.2 Å². The average molecular weight is 536 g/mol. The van der Waals surface area contributed by atoms with Gasteiger partial charge < -0.3 is 10.4 Å². The van der Waals surface area contributed by atoms with Crippen LogP contribution in [0.2, 0.25) is 0 Å². The number of nitriles is 1. The van der Waals surface area contributed by atoms with Crippen molar-refractivity contribution in [3.8, 4) is 11.8 Å². The summed E-state index contributed by atoms with van der Waals surface area (Å²) in [4.78, 5) is 12.4. The van der Waals surface area contributed by atoms with Crippen LogP contribution in [0.4, 0.5) is 0 Å². The molecule has 0 saturated heterocycles. The second-order valence-corrected chi connectivity index (χ2v) is 8.17. The van der Waals surface area contributed by atoms with Gasteiger partial charge in [-0.2, -0.15) is 5.26 Å². The van der Waals surface area contributed by atoms with Crippen LogP contribution in [0.15, 0.2) is 17.7 Å². The first-order valence-corrected chi connectivity index (χ1v) is 9.68. The second-order valence-electron chi connectivity index (χ2n) is 5.84. The number of phenols is 1. The summed E-state index contributed by atoms with van der Waals surface area (Å²) < 4.78 is 1.39. The Labute approximate surface area is 163 Å². The van der Waals surface area contributed by atoms with Gasteiger partial charge in [-0.25, -0.2) is 0 Å². The molecule has 23 heavy (non-hydrogen) atoms. The quantitative estimate of drug-likeness (QED) is 0.346. The van der Waals surface area contributed by atoms with E-state index in [1.54, 1.807) is 18.2 Å². The minimum absolute atomic E-state index is 0.0973. The standard InChI is InChI=1S/C17H18I2N2O2/c1-10-4-2-3-5-15(10)21-17(23)12(9-20)6-11-7-13(18)16(22)14(19)8-11/h6-8,10,15,22H,2-5H2,1H3,(H,21,23)/b12-6+/t10-,15-/m1/s1. The largest absolute Gasteiger partial charge is 0.506 e. The van der Waals surface area contributed by atoms with Crippen molar-refractivity contribution in [2.45, 2.75) is 38.6 Å². The molecule has 0 spiro atoms. The predicted molar refractivity (Wildman–Crippen MR) is 107 cm³/mol. The molecule has 1 aliphatic rings. The zero-order valence-electron chi connectivity index (χ0n) is 12.8. The van der Waals surface area contributed by atoms with Gasteiger partial charge in [0.2, 0.25) is 0 Å². The van der Waals surface area contributed by atoms with Gasteiger partial charge in [0.15, 0.2) is 0 Å². The Bertz CT molecular complexity index is 657. The van der Waals surface area contributed by atoms with Crippen molar-refractivity contribution in [2.75, 3.05) is 0 Å². The minimum Gasteiger partial charge on any atom is -0.506 e. The summed E-state index contributed by atoms with van der Waals surface area (Å²) in [5.41, 5.74) is 0.833. The molecule has 2 atom stereocenters. The van der Waals surface area contributed by atoms with Crippen molar-refractivity contribution >= 4 is 57.2 Å². The van der Waals surface area contributed by atoms with E-state index < -0.39 is 0 Å². The molecular formula is C17H18I2N2O2. The Hall–Kier alpha value is -0.820. The summed E-state index contributed by atoms with van der Waals surface area (Å²) in [5.74, 6) is 0.356. The summed E-state index contributed by atoms with van der Waals surface area (Å²) in [6.07, 6.45) is 5.99. The highest BCUT2D eigenvalue weighted by Crippen LogP contribution is 2.28. The van der Waals surface area contributed by atoms with Crippen molar-refractivity contribution in [3.05, 3.63) is 30.4 Å². The molecule has 0 aromatic heterocycles. The van der Waals surface area contributed by atoms with Gasteiger partial charge in [-0.1, -0.05) is 19.8 Å². The third-order valence-corrected chi connectivity index (χ3v) is 5.79. The molecule has 1 aromatic rings. The van der Waals surface area contributed by atoms with Gasteiger partial charge in [0.25, 0.3) is 5.91 Å². The van der Waals surface area contributed by atoms with E-state index in [1.165, 1.54) is 6.42 Å². The number of halogens is 2. The Morgan fingerprint density at radius 1 is 1.35 bits per heavy atom. The monoisotopic (exact) mass is 536 g/mol. The minimum atomic E-state index is -0.315. The van der Waals surface area contributed by atoms with Gasteiger partial charge in [0, 0.05) is 6.04 Å². The van der Waals surface area contributed by atoms with Gasteiger partial charge in [-0.3, -0.25) is 4.79 Å². The lowest BCUT2D eigenvalue weighted by Crippen LogP contribution is -2.41. The first-order chi connectivity index (χ1) is 10.9. The molecule has 1 amide bonds. The van der Waals surface area contributed by atoms with Crippen LogP contribution < -0.4 is 5.32 Å². The summed E-state index contributed by atoms with van der Waals surface area (Å²) in [6, 6.07) is 5.65. The topological polar surface area (TPSA) is 73.1 Å². The van der Waals surface area contributed by atoms with Crippen molar-refractivity contribution < 1.29 is 9.90 Å². The molecule has 1 aromatic carbocycles. The van der Waals surface area contributed by atoms with Crippen LogP contribution in [0.25, 0.3) is 6.08 Å². The van der Waals surface area contributed by atoms with Crippen molar-refractivity contribution in [1.29, 1.82) is 5.26 Å². The molecular weight excluding hydrogens is 518 g/mol. The van der Waals surface area contributed by atoms with Crippen LogP contribution in [0.5, 0.6) is 5.75 Å². The zero-order valence-corrected chi connectivity index (χ0v) is 17.1. The Morgan fingerprint density at radius 3 is 2.52 bits per heavy atom. The molecule has 6 heteroatoms. The van der Waals surface area contributed by atoms with E-state index in [1.807, 2.05) is 51.3 Å². The predicted octanol–water partition coefficient (Wildman–Crippen LogP) is 4.20. The molecule has 4 nitrogen and oxygen atoms in total. The third-order valence-electron chi connectivity index (χ3n) is 4.14. The maximum atomic E-state index is 12.4. The Morgan fingerprint density at radius 2 is 1.96 bits per heavy atom. The first-order valence-electron chi connectivity index (χ1n) is 7.53. The highest BCUT2D eigenvalue weighted by atomic mass is 127. The van der Waals surface area contributed by atoms with Crippen LogP contribution in [0.1, 0.15) is 38.2 Å². The zero-order chi connectivity index (χ0) is 17.0. The molecule has 0 unspecified atom stereocenters. The molecule has 122 valence electrons. The number of phenolic OH excluding ortho intramolecular Hbond substituents is 1. The first kappa shape index (κ1) is 18.5. The van der Waals surface area contributed by atoms with Gasteiger partial charge in [0.1, 0.15) is 17.4 Å². The van der Waals surface area contributed by atoms with E-state index in [9.17, 15) is 15.2 Å². The van der Waals surface area contributed by atoms with Crippen LogP contribution >= 0.6 is 45.2 Å². The molecule has 1 fully saturated rings. The average Bonchev–Trinajstić information content (AvgIpc) is 2.52. The smallest absolute Gasteiger partial charge is 0.262 e. The third kappa shape index (κ3) is 4.83. The van der Waals surface area contributed by atoms with Crippen molar-refractivity contribution in [1.82, 2.24) is 5.32 Å². The van der Waals surface area contributed by atoms with Gasteiger partial charge in [-0.15, -0.1) is 0 Å². The number of nitrogens with zero attached hydrogens (tertiary/aromatic N) is 1. The van der Waals surface area contributed by atoms with E-state index in [-0.39, 0.29) is 23.3 Å². The molecule has 1 aliphatic carbocycles. The molecule has 2 N–H and O–H groups in total. The fourth-order valence-corrected chi connectivity index (χ4v) is 4.58. The summed E-state index contributed by atoms with van der Waals surface area (Å²) in [6.45, 7) is 2.14. The Kier molecular flexibility index (Phi) is 6.71. The van der Waals surface area contributed by atoms with Crippen molar-refractivity contribution in [2.24, 2.45) is 5.92 Å². The number of benzene rings is 1. The number of carbonyl (C=O) groups excluding carboxylic acids is 1. The fraction of sp³-hybridized carbons (Fsp3) is 0.412. The SMILES string of the molecule is C[C@@H]1CCCC[C@H]1NC(=O)/C(C#N)=C/c1cc(I)c(O)c(I)c1. The maximum absolute atomic E-state index is 12.4. The molecule has 0 aliphatic heterocycles. The van der Waals surface area contributed by atoms with Crippen LogP contribution in [0, 0.1) is 24.4 Å². The number of hydrogen-bond acceptors (Lipinski definition) is 3. The van der Waals surface area contributed by atoms with Gasteiger partial charge in [-0.05, 0) is 87.7 Å². The van der Waals surface area contributed by atoms with Crippen LogP contribution in [-0.4, -0.2) is 17.1 Å². The molecule has 0 heterocycles. The lowest BCUT2D eigenvalue weighted by Gasteiger charge is -2.29. The molecule has 2 rings (SSSR count). The molecule has 0 bridgehead atoms. The lowest BCUT2D eigenvalue weighted by atomic mass is 9.86. The number of nitrogens with one attached hydrogen (secondary N) is 1. The highest BCUT2D eigenvalue weighted by molar-refractivity contribution is 14.1. The maximum Gasteiger partial charge on any atom is 0.262 e. The van der Waals surface area contributed by atoms with E-state index in [0.29, 0.717) is 13.1 Å². The van der Waals surface area contributed by atoms with Gasteiger partial charge >= 0.3 is 0 Å². The lowest BCUT2D eigenvalue weighted by molar-refractivity contribution is -0.118. The summed E-state index contributed by atoms with van der Waals surface area (Å²) >= 11 is 4.06. The number of carbonyl (C=O) groups is 1. The number of rotatable bonds is 3. The van der Waals surface area contributed by atoms with Crippen LogP contribution in [-0.2, 0) is 4.79 Å². The van der Waals surface area contributed by atoms with E-state index >= 15 is 0 Å². The van der Waals surface area contributed by atoms with Crippen LogP contribution in [0.3, 0.4) is 0 Å². The van der Waals surface area contributed by atoms with E-state index in [4.69, 9.17) is 0 Å². The number of hydrogen-bond donors (Lipinski definition) is 2. The normalized spacial score (nSPS) is 21.6. The summed E-state index contributed by atoms with van der Waals surface area (Å²) in [7, 11) is 0.